The lowest BCUT2D eigenvalue weighted by atomic mass is 9.73. The summed E-state index contributed by atoms with van der Waals surface area (Å²) in [5.41, 5.74) is -0.902. The highest BCUT2D eigenvalue weighted by molar-refractivity contribution is 5.69. The van der Waals surface area contributed by atoms with E-state index in [1.807, 2.05) is 20.8 Å². The quantitative estimate of drug-likeness (QED) is 0.847. The van der Waals surface area contributed by atoms with E-state index in [1.165, 1.54) is 0 Å². The maximum Gasteiger partial charge on any atom is 0.410 e. The molecule has 6 heteroatoms. The fraction of sp³-hybridized carbons (Fsp3) is 0.632. The summed E-state index contributed by atoms with van der Waals surface area (Å²) in [6, 6.07) is 5.30. The second kappa shape index (κ2) is 6.30. The number of hydrogen-bond acceptors (Lipinski definition) is 5. The molecule has 2 unspecified atom stereocenters. The third kappa shape index (κ3) is 3.47. The third-order valence-corrected chi connectivity index (χ3v) is 4.98. The van der Waals surface area contributed by atoms with E-state index >= 15 is 0 Å². The smallest absolute Gasteiger partial charge is 0.410 e. The number of carbonyl (C=O) groups is 1. The van der Waals surface area contributed by atoms with E-state index in [9.17, 15) is 15.2 Å². The van der Waals surface area contributed by atoms with Gasteiger partial charge in [0.25, 0.3) is 0 Å². The first kappa shape index (κ1) is 17.7. The summed E-state index contributed by atoms with van der Waals surface area (Å²) in [6.45, 7) is 5.57. The van der Waals surface area contributed by atoms with Crippen LogP contribution in [0.3, 0.4) is 0 Å². The van der Waals surface area contributed by atoms with Crippen LogP contribution in [0.25, 0.3) is 0 Å². The van der Waals surface area contributed by atoms with Gasteiger partial charge in [-0.25, -0.2) is 4.79 Å². The largest absolute Gasteiger partial charge is 0.444 e. The first-order valence-corrected chi connectivity index (χ1v) is 8.83. The Hall–Kier alpha value is -2.13. The molecular weight excluding hydrogens is 318 g/mol. The van der Waals surface area contributed by atoms with Crippen LogP contribution in [-0.2, 0) is 10.3 Å². The fourth-order valence-corrected chi connectivity index (χ4v) is 4.10. The highest BCUT2D eigenvalue weighted by Crippen LogP contribution is 2.44. The van der Waals surface area contributed by atoms with Crippen LogP contribution in [0.15, 0.2) is 18.3 Å². The topological polar surface area (TPSA) is 86.4 Å². The van der Waals surface area contributed by atoms with Crippen molar-refractivity contribution in [1.82, 2.24) is 9.88 Å². The molecule has 25 heavy (non-hydrogen) atoms. The van der Waals surface area contributed by atoms with Crippen molar-refractivity contribution in [1.29, 1.82) is 5.26 Å². The summed E-state index contributed by atoms with van der Waals surface area (Å²) in [6.07, 6.45) is 4.73. The van der Waals surface area contributed by atoms with Crippen molar-refractivity contribution in [2.24, 2.45) is 0 Å². The first-order valence-electron chi connectivity index (χ1n) is 8.83. The number of rotatable bonds is 1. The van der Waals surface area contributed by atoms with Crippen molar-refractivity contribution in [2.45, 2.75) is 76.2 Å². The Bertz CT molecular complexity index is 691. The fourth-order valence-electron chi connectivity index (χ4n) is 4.10. The predicted octanol–water partition coefficient (Wildman–Crippen LogP) is 3.09. The molecule has 134 valence electrons. The zero-order valence-electron chi connectivity index (χ0n) is 15.0. The number of pyridine rings is 1. The van der Waals surface area contributed by atoms with Gasteiger partial charge in [0.15, 0.2) is 0 Å². The lowest BCUT2D eigenvalue weighted by Gasteiger charge is -2.51. The molecule has 0 saturated carbocycles. The molecule has 2 aliphatic rings. The highest BCUT2D eigenvalue weighted by atomic mass is 16.6. The van der Waals surface area contributed by atoms with Crippen LogP contribution in [0.2, 0.25) is 0 Å². The number of fused-ring (bicyclic) bond motifs is 2. The summed E-state index contributed by atoms with van der Waals surface area (Å²) in [4.78, 5) is 18.8. The third-order valence-electron chi connectivity index (χ3n) is 4.98. The number of hydrogen-bond donors (Lipinski definition) is 1. The number of amides is 1. The van der Waals surface area contributed by atoms with Gasteiger partial charge in [-0.3, -0.25) is 4.98 Å². The van der Waals surface area contributed by atoms with Crippen LogP contribution in [0.4, 0.5) is 4.79 Å². The van der Waals surface area contributed by atoms with Crippen LogP contribution in [0.1, 0.15) is 64.1 Å². The number of aromatic nitrogens is 1. The number of piperidine rings is 2. The Morgan fingerprint density at radius 3 is 2.60 bits per heavy atom. The molecule has 1 aromatic rings. The van der Waals surface area contributed by atoms with Gasteiger partial charge in [0.2, 0.25) is 0 Å². The van der Waals surface area contributed by atoms with Crippen LogP contribution in [0.5, 0.6) is 0 Å². The molecule has 3 heterocycles. The minimum Gasteiger partial charge on any atom is -0.444 e. The van der Waals surface area contributed by atoms with Crippen molar-refractivity contribution >= 4 is 6.09 Å². The molecule has 2 aliphatic heterocycles. The molecule has 2 fully saturated rings. The lowest BCUT2D eigenvalue weighted by Crippen LogP contribution is -2.59. The van der Waals surface area contributed by atoms with Crippen LogP contribution in [0, 0.1) is 11.3 Å². The van der Waals surface area contributed by atoms with E-state index in [-0.39, 0.29) is 18.2 Å². The predicted molar refractivity (Wildman–Crippen MR) is 91.6 cm³/mol. The molecule has 6 nitrogen and oxygen atoms in total. The number of nitrogens with zero attached hydrogens (tertiary/aromatic N) is 3. The van der Waals surface area contributed by atoms with Crippen molar-refractivity contribution < 1.29 is 14.6 Å². The molecule has 1 aromatic heterocycles. The normalized spacial score (nSPS) is 29.0. The second-order valence-corrected chi connectivity index (χ2v) is 8.08. The molecule has 1 N–H and O–H groups in total. The number of ether oxygens (including phenoxy) is 1. The molecular formula is C19H25N3O3. The van der Waals surface area contributed by atoms with Crippen LogP contribution >= 0.6 is 0 Å². The van der Waals surface area contributed by atoms with Crippen molar-refractivity contribution in [3.63, 3.8) is 0 Å². The maximum absolute atomic E-state index is 12.7. The number of nitriles is 1. The Balaban J connectivity index is 1.89. The van der Waals surface area contributed by atoms with Gasteiger partial charge >= 0.3 is 6.09 Å². The number of aliphatic hydroxyl groups is 1. The van der Waals surface area contributed by atoms with Gasteiger partial charge in [0.05, 0.1) is 11.3 Å². The van der Waals surface area contributed by atoms with Gasteiger partial charge in [-0.15, -0.1) is 0 Å². The van der Waals surface area contributed by atoms with Crippen molar-refractivity contribution in [2.75, 3.05) is 0 Å². The highest BCUT2D eigenvalue weighted by Gasteiger charge is 2.50. The summed E-state index contributed by atoms with van der Waals surface area (Å²) >= 11 is 0. The molecule has 0 aromatic carbocycles. The zero-order chi connectivity index (χ0) is 18.2. The molecule has 0 radical (unpaired) electrons. The van der Waals surface area contributed by atoms with E-state index in [2.05, 4.69) is 11.1 Å². The molecule has 2 bridgehead atoms. The molecule has 2 saturated heterocycles. The average Bonchev–Trinajstić information content (AvgIpc) is 2.52. The summed E-state index contributed by atoms with van der Waals surface area (Å²) < 4.78 is 5.57. The van der Waals surface area contributed by atoms with Gasteiger partial charge in [-0.05, 0) is 52.2 Å². The number of carbonyl (C=O) groups excluding carboxylic acids is 1. The zero-order valence-corrected chi connectivity index (χ0v) is 15.0. The Kier molecular flexibility index (Phi) is 4.46. The molecule has 3 rings (SSSR count). The van der Waals surface area contributed by atoms with Gasteiger partial charge in [-0.2, -0.15) is 5.26 Å². The van der Waals surface area contributed by atoms with Gasteiger partial charge in [0, 0.05) is 31.1 Å². The van der Waals surface area contributed by atoms with Crippen molar-refractivity contribution in [3.05, 3.63) is 29.6 Å². The first-order chi connectivity index (χ1) is 11.7. The van der Waals surface area contributed by atoms with Crippen LogP contribution in [-0.4, -0.2) is 38.8 Å². The molecule has 2 atom stereocenters. The van der Waals surface area contributed by atoms with E-state index in [0.29, 0.717) is 24.1 Å². The standard InChI is InChI=1S/C19H25N3O3/c1-18(2,3)25-17(23)22-14-7-4-8-15(22)11-19(24,10-14)16-13(12-20)6-5-9-21-16/h5-6,9,14-15,24H,4,7-8,10-11H2,1-3H3. The van der Waals surface area contributed by atoms with Gasteiger partial charge < -0.3 is 14.7 Å². The second-order valence-electron chi connectivity index (χ2n) is 8.08. The van der Waals surface area contributed by atoms with E-state index in [0.717, 1.165) is 19.3 Å². The van der Waals surface area contributed by atoms with Gasteiger partial charge in [-0.1, -0.05) is 0 Å². The van der Waals surface area contributed by atoms with E-state index in [1.54, 1.807) is 23.2 Å². The average molecular weight is 343 g/mol. The molecule has 1 amide bonds. The van der Waals surface area contributed by atoms with E-state index in [4.69, 9.17) is 4.74 Å². The maximum atomic E-state index is 12.7. The Labute approximate surface area is 148 Å². The minimum atomic E-state index is -1.18. The van der Waals surface area contributed by atoms with Crippen molar-refractivity contribution in [3.8, 4) is 6.07 Å². The SMILES string of the molecule is CC(C)(C)OC(=O)N1C2CCCC1CC(O)(c1ncccc1C#N)C2. The van der Waals surface area contributed by atoms with Gasteiger partial charge in [0.1, 0.15) is 17.3 Å². The van der Waals surface area contributed by atoms with E-state index < -0.39 is 11.2 Å². The molecule has 0 spiro atoms. The summed E-state index contributed by atoms with van der Waals surface area (Å²) in [5, 5.41) is 20.6. The summed E-state index contributed by atoms with van der Waals surface area (Å²) in [7, 11) is 0. The monoisotopic (exact) mass is 343 g/mol. The Morgan fingerprint density at radius 1 is 1.40 bits per heavy atom. The summed E-state index contributed by atoms with van der Waals surface area (Å²) in [5.74, 6) is 0. The lowest BCUT2D eigenvalue weighted by molar-refractivity contribution is -0.0985. The Morgan fingerprint density at radius 2 is 2.04 bits per heavy atom. The minimum absolute atomic E-state index is 0.0964. The van der Waals surface area contributed by atoms with Crippen LogP contribution < -0.4 is 0 Å². The molecule has 0 aliphatic carbocycles.